The highest BCUT2D eigenvalue weighted by Gasteiger charge is 2.21. The molecule has 2 aliphatic heterocycles. The summed E-state index contributed by atoms with van der Waals surface area (Å²) in [5, 5.41) is 6.19. The zero-order valence-corrected chi connectivity index (χ0v) is 10.3. The number of carbonyl (C=O) groups excluding carboxylic acids is 1. The molecule has 90 valence electrons. The molecule has 2 fully saturated rings. The van der Waals surface area contributed by atoms with Crippen LogP contribution in [0.25, 0.3) is 0 Å². The van der Waals surface area contributed by atoms with E-state index < -0.39 is 0 Å². The molecule has 0 radical (unpaired) electrons. The third-order valence-electron chi connectivity index (χ3n) is 2.80. The van der Waals surface area contributed by atoms with Crippen LogP contribution in [0.1, 0.15) is 6.42 Å². The maximum atomic E-state index is 11.1. The molecular weight excluding hydrogens is 237 g/mol. The molecule has 1 unspecified atom stereocenters. The van der Waals surface area contributed by atoms with Crippen molar-refractivity contribution in [1.82, 2.24) is 15.5 Å². The second kappa shape index (κ2) is 7.28. The van der Waals surface area contributed by atoms with E-state index in [1.54, 1.807) is 0 Å². The Balaban J connectivity index is 0.000000980. The zero-order valence-electron chi connectivity index (χ0n) is 8.70. The summed E-state index contributed by atoms with van der Waals surface area (Å²) in [4.78, 5) is 13.3. The van der Waals surface area contributed by atoms with E-state index >= 15 is 0 Å². The van der Waals surface area contributed by atoms with Gasteiger partial charge in [-0.05, 0) is 25.4 Å². The summed E-state index contributed by atoms with van der Waals surface area (Å²) in [7, 11) is 0. The van der Waals surface area contributed by atoms with Crippen LogP contribution in [0.3, 0.4) is 0 Å². The van der Waals surface area contributed by atoms with Crippen LogP contribution < -0.4 is 10.6 Å². The fourth-order valence-electron chi connectivity index (χ4n) is 2.08. The maximum absolute atomic E-state index is 11.1. The van der Waals surface area contributed by atoms with Gasteiger partial charge in [0.1, 0.15) is 0 Å². The molecule has 0 aliphatic carbocycles. The van der Waals surface area contributed by atoms with Gasteiger partial charge >= 0.3 is 0 Å². The molecule has 0 spiro atoms. The summed E-state index contributed by atoms with van der Waals surface area (Å²) >= 11 is 0. The van der Waals surface area contributed by atoms with E-state index in [2.05, 4.69) is 15.5 Å². The molecule has 0 saturated carbocycles. The Morgan fingerprint density at radius 2 is 2.13 bits per heavy atom. The SMILES string of the molecule is Cl.Cl.O=C1CN(CC2CCNC2)CCN1. The quantitative estimate of drug-likeness (QED) is 0.723. The van der Waals surface area contributed by atoms with Crippen molar-refractivity contribution in [2.45, 2.75) is 6.42 Å². The molecule has 2 rings (SSSR count). The summed E-state index contributed by atoms with van der Waals surface area (Å²) < 4.78 is 0. The van der Waals surface area contributed by atoms with Gasteiger partial charge < -0.3 is 10.6 Å². The van der Waals surface area contributed by atoms with Crippen molar-refractivity contribution in [3.8, 4) is 0 Å². The Kier molecular flexibility index (Phi) is 7.26. The van der Waals surface area contributed by atoms with Crippen molar-refractivity contribution in [2.75, 3.05) is 39.3 Å². The van der Waals surface area contributed by atoms with Gasteiger partial charge in [0.2, 0.25) is 5.91 Å². The minimum absolute atomic E-state index is 0. The number of hydrogen-bond donors (Lipinski definition) is 2. The number of nitrogens with zero attached hydrogens (tertiary/aromatic N) is 1. The molecule has 15 heavy (non-hydrogen) atoms. The van der Waals surface area contributed by atoms with E-state index in [9.17, 15) is 4.79 Å². The van der Waals surface area contributed by atoms with Crippen molar-refractivity contribution >= 4 is 30.7 Å². The minimum atomic E-state index is 0. The first kappa shape index (κ1) is 15.0. The summed E-state index contributed by atoms with van der Waals surface area (Å²) in [6.45, 7) is 5.78. The van der Waals surface area contributed by atoms with Crippen LogP contribution >= 0.6 is 24.8 Å². The Labute approximate surface area is 103 Å². The predicted octanol–water partition coefficient (Wildman–Crippen LogP) is -0.129. The van der Waals surface area contributed by atoms with Crippen molar-refractivity contribution in [2.24, 2.45) is 5.92 Å². The van der Waals surface area contributed by atoms with Crippen LogP contribution in [-0.2, 0) is 4.79 Å². The van der Waals surface area contributed by atoms with Gasteiger partial charge in [-0.25, -0.2) is 0 Å². The molecule has 2 N–H and O–H groups in total. The van der Waals surface area contributed by atoms with Crippen molar-refractivity contribution in [1.29, 1.82) is 0 Å². The smallest absolute Gasteiger partial charge is 0.234 e. The summed E-state index contributed by atoms with van der Waals surface area (Å²) in [6.07, 6.45) is 1.26. The number of rotatable bonds is 2. The van der Waals surface area contributed by atoms with Crippen LogP contribution in [0.15, 0.2) is 0 Å². The monoisotopic (exact) mass is 255 g/mol. The van der Waals surface area contributed by atoms with E-state index in [0.717, 1.165) is 38.6 Å². The van der Waals surface area contributed by atoms with Crippen molar-refractivity contribution < 1.29 is 4.79 Å². The molecular formula is C9H19Cl2N3O. The fraction of sp³-hybridized carbons (Fsp3) is 0.889. The lowest BCUT2D eigenvalue weighted by molar-refractivity contribution is -0.124. The normalized spacial score (nSPS) is 26.4. The standard InChI is InChI=1S/C9H17N3O.2ClH/c13-9-7-12(4-3-11-9)6-8-1-2-10-5-8;;/h8,10H,1-7H2,(H,11,13);2*1H. The summed E-state index contributed by atoms with van der Waals surface area (Å²) in [5.41, 5.74) is 0. The number of amides is 1. The largest absolute Gasteiger partial charge is 0.354 e. The van der Waals surface area contributed by atoms with E-state index in [0.29, 0.717) is 6.54 Å². The van der Waals surface area contributed by atoms with Crippen LogP contribution in [-0.4, -0.2) is 50.1 Å². The van der Waals surface area contributed by atoms with Gasteiger partial charge in [-0.2, -0.15) is 0 Å². The van der Waals surface area contributed by atoms with Gasteiger partial charge in [0, 0.05) is 19.6 Å². The first-order chi connectivity index (χ1) is 6.34. The van der Waals surface area contributed by atoms with E-state index in [4.69, 9.17) is 0 Å². The van der Waals surface area contributed by atoms with Gasteiger partial charge in [-0.15, -0.1) is 24.8 Å². The highest BCUT2D eigenvalue weighted by Crippen LogP contribution is 2.09. The highest BCUT2D eigenvalue weighted by atomic mass is 35.5. The van der Waals surface area contributed by atoms with E-state index in [1.807, 2.05) is 0 Å². The third kappa shape index (κ3) is 4.55. The molecule has 2 aliphatic rings. The molecule has 2 saturated heterocycles. The Hall–Kier alpha value is -0.0300. The Morgan fingerprint density at radius 1 is 1.33 bits per heavy atom. The van der Waals surface area contributed by atoms with Gasteiger partial charge in [0.15, 0.2) is 0 Å². The molecule has 4 nitrogen and oxygen atoms in total. The topological polar surface area (TPSA) is 44.4 Å². The summed E-state index contributed by atoms with van der Waals surface area (Å²) in [6, 6.07) is 0. The van der Waals surface area contributed by atoms with Crippen LogP contribution in [0.4, 0.5) is 0 Å². The molecule has 1 atom stereocenters. The highest BCUT2D eigenvalue weighted by molar-refractivity contribution is 5.85. The van der Waals surface area contributed by atoms with Gasteiger partial charge in [0.05, 0.1) is 6.54 Å². The first-order valence-corrected chi connectivity index (χ1v) is 5.04. The average molecular weight is 256 g/mol. The molecule has 0 bridgehead atoms. The molecule has 2 heterocycles. The van der Waals surface area contributed by atoms with Crippen LogP contribution in [0.5, 0.6) is 0 Å². The van der Waals surface area contributed by atoms with E-state index in [1.165, 1.54) is 6.42 Å². The van der Waals surface area contributed by atoms with Crippen molar-refractivity contribution in [3.63, 3.8) is 0 Å². The summed E-state index contributed by atoms with van der Waals surface area (Å²) in [5.74, 6) is 0.933. The second-order valence-electron chi connectivity index (χ2n) is 3.94. The molecule has 6 heteroatoms. The average Bonchev–Trinajstić information content (AvgIpc) is 2.57. The van der Waals surface area contributed by atoms with Gasteiger partial charge in [0.25, 0.3) is 0 Å². The predicted molar refractivity (Wildman–Crippen MR) is 64.9 cm³/mol. The lowest BCUT2D eigenvalue weighted by Crippen LogP contribution is -2.49. The zero-order chi connectivity index (χ0) is 9.10. The Bertz CT molecular complexity index is 198. The van der Waals surface area contributed by atoms with E-state index in [-0.39, 0.29) is 30.7 Å². The molecule has 0 aromatic carbocycles. The fourth-order valence-corrected chi connectivity index (χ4v) is 2.08. The number of carbonyl (C=O) groups is 1. The number of hydrogen-bond acceptors (Lipinski definition) is 3. The second-order valence-corrected chi connectivity index (χ2v) is 3.94. The van der Waals surface area contributed by atoms with Gasteiger partial charge in [-0.1, -0.05) is 0 Å². The van der Waals surface area contributed by atoms with Crippen LogP contribution in [0.2, 0.25) is 0 Å². The van der Waals surface area contributed by atoms with Crippen molar-refractivity contribution in [3.05, 3.63) is 0 Å². The van der Waals surface area contributed by atoms with Crippen LogP contribution in [0, 0.1) is 5.92 Å². The number of halogens is 2. The molecule has 0 aromatic heterocycles. The first-order valence-electron chi connectivity index (χ1n) is 5.04. The minimum Gasteiger partial charge on any atom is -0.354 e. The Morgan fingerprint density at radius 3 is 2.73 bits per heavy atom. The molecule has 1 amide bonds. The number of nitrogens with one attached hydrogen (secondary N) is 2. The third-order valence-corrected chi connectivity index (χ3v) is 2.80. The lowest BCUT2D eigenvalue weighted by Gasteiger charge is -2.28. The number of piperazine rings is 1. The van der Waals surface area contributed by atoms with Gasteiger partial charge in [-0.3, -0.25) is 9.69 Å². The lowest BCUT2D eigenvalue weighted by atomic mass is 10.1. The molecule has 0 aromatic rings. The maximum Gasteiger partial charge on any atom is 0.234 e.